The van der Waals surface area contributed by atoms with Gasteiger partial charge in [-0.3, -0.25) is 0 Å². The van der Waals surface area contributed by atoms with E-state index in [1.54, 1.807) is 0 Å². The van der Waals surface area contributed by atoms with Crippen molar-refractivity contribution >= 4 is 0 Å². The molecular formula is C19H35. The summed E-state index contributed by atoms with van der Waals surface area (Å²) in [5, 5.41) is 0. The summed E-state index contributed by atoms with van der Waals surface area (Å²) in [5.74, 6) is 0. The third-order valence-electron chi connectivity index (χ3n) is 4.36. The van der Waals surface area contributed by atoms with Gasteiger partial charge in [0.05, 0.1) is 0 Å². The maximum atomic E-state index is 3.90. The summed E-state index contributed by atoms with van der Waals surface area (Å²) in [7, 11) is 0. The summed E-state index contributed by atoms with van der Waals surface area (Å²) < 4.78 is 0. The molecule has 1 aliphatic rings. The van der Waals surface area contributed by atoms with Crippen LogP contribution in [0.5, 0.6) is 0 Å². The average molecular weight is 263 g/mol. The van der Waals surface area contributed by atoms with E-state index in [0.29, 0.717) is 0 Å². The molecule has 0 aromatic heterocycles. The van der Waals surface area contributed by atoms with Crippen molar-refractivity contribution in [3.63, 3.8) is 0 Å². The summed E-state index contributed by atoms with van der Waals surface area (Å²) in [4.78, 5) is 0. The Balaban J connectivity index is 1.84. The average Bonchev–Trinajstić information content (AvgIpc) is 3.16. The lowest BCUT2D eigenvalue weighted by atomic mass is 10.1. The molecule has 1 radical (unpaired) electrons. The van der Waals surface area contributed by atoms with Gasteiger partial charge in [0.1, 0.15) is 0 Å². The molecule has 0 heterocycles. The third-order valence-corrected chi connectivity index (χ3v) is 4.36. The van der Waals surface area contributed by atoms with Gasteiger partial charge in [0.15, 0.2) is 0 Å². The highest BCUT2D eigenvalue weighted by Crippen LogP contribution is 2.38. The highest BCUT2D eigenvalue weighted by molar-refractivity contribution is 5.34. The minimum Gasteiger partial charge on any atom is -0.0666 e. The van der Waals surface area contributed by atoms with E-state index in [2.05, 4.69) is 13.8 Å². The first-order valence-corrected chi connectivity index (χ1v) is 8.87. The Hall–Kier alpha value is -0.260. The fourth-order valence-electron chi connectivity index (χ4n) is 2.91. The van der Waals surface area contributed by atoms with Crippen molar-refractivity contribution in [2.24, 2.45) is 0 Å². The molecular weight excluding hydrogens is 228 g/mol. The Bertz CT molecular complexity index is 212. The van der Waals surface area contributed by atoms with Crippen LogP contribution in [0.3, 0.4) is 0 Å². The van der Waals surface area contributed by atoms with Gasteiger partial charge in [0.2, 0.25) is 0 Å². The van der Waals surface area contributed by atoms with E-state index in [9.17, 15) is 0 Å². The Morgan fingerprint density at radius 1 is 0.684 bits per heavy atom. The van der Waals surface area contributed by atoms with Crippen molar-refractivity contribution in [3.8, 4) is 0 Å². The van der Waals surface area contributed by atoms with Crippen LogP contribution in [0, 0.1) is 6.92 Å². The van der Waals surface area contributed by atoms with Gasteiger partial charge in [-0.2, -0.15) is 0 Å². The monoisotopic (exact) mass is 263 g/mol. The molecule has 0 aliphatic heterocycles. The van der Waals surface area contributed by atoms with E-state index in [1.807, 2.05) is 11.1 Å². The van der Waals surface area contributed by atoms with E-state index < -0.39 is 0 Å². The molecule has 0 bridgehead atoms. The maximum absolute atomic E-state index is 3.90. The van der Waals surface area contributed by atoms with E-state index in [4.69, 9.17) is 0 Å². The largest absolute Gasteiger partial charge is 0.0666 e. The lowest BCUT2D eigenvalue weighted by molar-refractivity contribution is 0.608. The van der Waals surface area contributed by atoms with Crippen LogP contribution in [-0.4, -0.2) is 0 Å². The molecule has 0 spiro atoms. The highest BCUT2D eigenvalue weighted by atomic mass is 14.2. The van der Waals surface area contributed by atoms with Gasteiger partial charge in [-0.1, -0.05) is 89.2 Å². The molecule has 0 saturated heterocycles. The Kier molecular flexibility index (Phi) is 10.2. The summed E-state index contributed by atoms with van der Waals surface area (Å²) in [6, 6.07) is 0. The predicted molar refractivity (Wildman–Crippen MR) is 87.3 cm³/mol. The van der Waals surface area contributed by atoms with Crippen molar-refractivity contribution in [2.45, 2.75) is 103 Å². The van der Waals surface area contributed by atoms with Crippen molar-refractivity contribution < 1.29 is 0 Å². The molecule has 1 aliphatic carbocycles. The quantitative estimate of drug-likeness (QED) is 0.234. The van der Waals surface area contributed by atoms with E-state index in [1.165, 1.54) is 89.9 Å². The second-order valence-corrected chi connectivity index (χ2v) is 6.27. The number of hydrogen-bond acceptors (Lipinski definition) is 0. The summed E-state index contributed by atoms with van der Waals surface area (Å²) >= 11 is 0. The van der Waals surface area contributed by atoms with Crippen molar-refractivity contribution in [2.75, 3.05) is 0 Å². The first-order chi connectivity index (χ1) is 9.38. The molecule has 19 heavy (non-hydrogen) atoms. The molecule has 0 aromatic carbocycles. The SMILES string of the molecule is [CH2]CCCCCCCC1=C(CCCCCCCC)C1. The third kappa shape index (κ3) is 9.30. The zero-order valence-electron chi connectivity index (χ0n) is 13.3. The second kappa shape index (κ2) is 11.6. The standard InChI is InChI=1S/C19H35/c1-3-5-7-9-11-13-15-18-17-19(18)16-14-12-10-8-6-4-2/h1,3-17H2,2H3. The topological polar surface area (TPSA) is 0 Å². The summed E-state index contributed by atoms with van der Waals surface area (Å²) in [6.45, 7) is 6.19. The molecule has 0 saturated carbocycles. The summed E-state index contributed by atoms with van der Waals surface area (Å²) in [5.41, 5.74) is 3.65. The maximum Gasteiger partial charge on any atom is -0.0103 e. The van der Waals surface area contributed by atoms with Gasteiger partial charge in [-0.25, -0.2) is 0 Å². The van der Waals surface area contributed by atoms with E-state index in [-0.39, 0.29) is 0 Å². The van der Waals surface area contributed by atoms with Crippen LogP contribution in [0.15, 0.2) is 11.1 Å². The van der Waals surface area contributed by atoms with E-state index in [0.717, 1.165) is 6.42 Å². The normalized spacial score (nSPS) is 14.2. The van der Waals surface area contributed by atoms with Crippen molar-refractivity contribution in [3.05, 3.63) is 18.1 Å². The smallest absolute Gasteiger partial charge is 0.0103 e. The molecule has 0 N–H and O–H groups in total. The first-order valence-electron chi connectivity index (χ1n) is 8.87. The lowest BCUT2D eigenvalue weighted by Crippen LogP contribution is -1.79. The fraction of sp³-hybridized carbons (Fsp3) is 0.842. The first kappa shape index (κ1) is 16.8. The number of allylic oxidation sites excluding steroid dienone is 2. The van der Waals surface area contributed by atoms with E-state index >= 15 is 0 Å². The minimum atomic E-state index is 1.12. The molecule has 0 atom stereocenters. The zero-order chi connectivity index (χ0) is 13.8. The van der Waals surface area contributed by atoms with Gasteiger partial charge >= 0.3 is 0 Å². The van der Waals surface area contributed by atoms with Gasteiger partial charge in [0.25, 0.3) is 0 Å². The Morgan fingerprint density at radius 3 is 1.68 bits per heavy atom. The van der Waals surface area contributed by atoms with Crippen molar-refractivity contribution in [1.82, 2.24) is 0 Å². The lowest BCUT2D eigenvalue weighted by Gasteiger charge is -1.98. The molecule has 0 aromatic rings. The molecule has 0 nitrogen and oxygen atoms in total. The zero-order valence-corrected chi connectivity index (χ0v) is 13.3. The molecule has 0 unspecified atom stereocenters. The Labute approximate surface area is 122 Å². The molecule has 0 amide bonds. The van der Waals surface area contributed by atoms with Crippen molar-refractivity contribution in [1.29, 1.82) is 0 Å². The molecule has 1 rings (SSSR count). The number of rotatable bonds is 14. The van der Waals surface area contributed by atoms with Gasteiger partial charge in [-0.15, -0.1) is 0 Å². The fourth-order valence-corrected chi connectivity index (χ4v) is 2.91. The highest BCUT2D eigenvalue weighted by Gasteiger charge is 2.19. The minimum absolute atomic E-state index is 1.12. The van der Waals surface area contributed by atoms with Gasteiger partial charge < -0.3 is 0 Å². The van der Waals surface area contributed by atoms with Crippen LogP contribution >= 0.6 is 0 Å². The van der Waals surface area contributed by atoms with Crippen LogP contribution in [-0.2, 0) is 0 Å². The number of unbranched alkanes of at least 4 members (excludes halogenated alkanes) is 10. The summed E-state index contributed by atoms with van der Waals surface area (Å²) in [6.07, 6.45) is 21.0. The van der Waals surface area contributed by atoms with Crippen LogP contribution in [0.2, 0.25) is 0 Å². The van der Waals surface area contributed by atoms with Gasteiger partial charge in [-0.05, 0) is 32.1 Å². The Morgan fingerprint density at radius 2 is 1.16 bits per heavy atom. The molecule has 111 valence electrons. The van der Waals surface area contributed by atoms with Crippen LogP contribution in [0.1, 0.15) is 103 Å². The van der Waals surface area contributed by atoms with Crippen LogP contribution < -0.4 is 0 Å². The molecule has 0 heteroatoms. The van der Waals surface area contributed by atoms with Crippen LogP contribution in [0.25, 0.3) is 0 Å². The van der Waals surface area contributed by atoms with Crippen LogP contribution in [0.4, 0.5) is 0 Å². The number of hydrogen-bond donors (Lipinski definition) is 0. The predicted octanol–water partition coefficient (Wildman–Crippen LogP) is 7.00. The second-order valence-electron chi connectivity index (χ2n) is 6.27. The molecule has 0 fully saturated rings. The van der Waals surface area contributed by atoms with Gasteiger partial charge in [0, 0.05) is 0 Å².